The molecule has 1 amide bonds. The lowest BCUT2D eigenvalue weighted by molar-refractivity contribution is -0.0379. The second-order valence-corrected chi connectivity index (χ2v) is 8.86. The summed E-state index contributed by atoms with van der Waals surface area (Å²) in [5.41, 5.74) is 2.60. The Morgan fingerprint density at radius 1 is 1.31 bits per heavy atom. The van der Waals surface area contributed by atoms with Gasteiger partial charge in [-0.1, -0.05) is 0 Å². The lowest BCUT2D eigenvalue weighted by Gasteiger charge is -2.30. The van der Waals surface area contributed by atoms with E-state index >= 15 is 0 Å². The number of nitrogens with zero attached hydrogens (tertiary/aromatic N) is 5. The number of aryl methyl sites for hydroxylation is 1. The number of pyridine rings is 1. The third kappa shape index (κ3) is 3.16. The second-order valence-electron chi connectivity index (χ2n) is 7.78. The molecule has 0 saturated heterocycles. The van der Waals surface area contributed by atoms with Crippen molar-refractivity contribution < 1.29 is 9.53 Å². The van der Waals surface area contributed by atoms with Gasteiger partial charge >= 0.3 is 0 Å². The predicted molar refractivity (Wildman–Crippen MR) is 109 cm³/mol. The number of nitrogens with one attached hydrogen (secondary N) is 1. The molecule has 8 nitrogen and oxygen atoms in total. The zero-order chi connectivity index (χ0) is 20.2. The van der Waals surface area contributed by atoms with Gasteiger partial charge in [-0.3, -0.25) is 9.78 Å². The highest BCUT2D eigenvalue weighted by Crippen LogP contribution is 2.39. The van der Waals surface area contributed by atoms with Crippen molar-refractivity contribution in [3.05, 3.63) is 52.2 Å². The second kappa shape index (κ2) is 6.57. The molecule has 0 atom stereocenters. The van der Waals surface area contributed by atoms with Gasteiger partial charge in [-0.15, -0.1) is 16.4 Å². The summed E-state index contributed by atoms with van der Waals surface area (Å²) < 4.78 is 7.62. The van der Waals surface area contributed by atoms with Crippen molar-refractivity contribution in [2.24, 2.45) is 0 Å². The van der Waals surface area contributed by atoms with Crippen LogP contribution in [0.2, 0.25) is 0 Å². The van der Waals surface area contributed by atoms with E-state index in [1.54, 1.807) is 28.2 Å². The molecular weight excluding hydrogens is 388 g/mol. The maximum absolute atomic E-state index is 12.7. The minimum absolute atomic E-state index is 0.141. The van der Waals surface area contributed by atoms with E-state index in [9.17, 15) is 4.79 Å². The summed E-state index contributed by atoms with van der Waals surface area (Å²) in [6.45, 7) is 7.00. The van der Waals surface area contributed by atoms with Crippen LogP contribution in [0.5, 0.6) is 0 Å². The van der Waals surface area contributed by atoms with Crippen LogP contribution < -0.4 is 5.32 Å². The first-order valence-electron chi connectivity index (χ1n) is 9.40. The number of carbonyl (C=O) groups is 1. The van der Waals surface area contributed by atoms with E-state index in [-0.39, 0.29) is 17.3 Å². The fraction of sp³-hybridized carbons (Fsp3) is 0.350. The molecule has 1 aliphatic heterocycles. The number of hydrogen-bond donors (Lipinski definition) is 1. The van der Waals surface area contributed by atoms with Crippen LogP contribution in [0.4, 0.5) is 0 Å². The summed E-state index contributed by atoms with van der Waals surface area (Å²) in [5, 5.41) is 8.28. The van der Waals surface area contributed by atoms with E-state index in [1.807, 2.05) is 19.1 Å². The summed E-state index contributed by atoms with van der Waals surface area (Å²) in [7, 11) is 0. The molecule has 5 rings (SSSR count). The maximum Gasteiger partial charge on any atom is 0.291 e. The Kier molecular flexibility index (Phi) is 4.11. The molecule has 1 N–H and O–H groups in total. The first-order valence-corrected chi connectivity index (χ1v) is 10.2. The number of aromatic nitrogens is 5. The van der Waals surface area contributed by atoms with E-state index < -0.39 is 0 Å². The monoisotopic (exact) mass is 408 g/mol. The summed E-state index contributed by atoms with van der Waals surface area (Å²) >= 11 is 1.63. The number of thiophene rings is 1. The Balaban J connectivity index is 1.55. The molecule has 0 spiro atoms. The number of rotatable bonds is 3. The van der Waals surface area contributed by atoms with Gasteiger partial charge in [-0.05, 0) is 44.0 Å². The van der Waals surface area contributed by atoms with Crippen LogP contribution in [0.3, 0.4) is 0 Å². The van der Waals surface area contributed by atoms with Crippen molar-refractivity contribution in [3.8, 4) is 0 Å². The smallest absolute Gasteiger partial charge is 0.291 e. The average Bonchev–Trinajstić information content (AvgIpc) is 3.28. The van der Waals surface area contributed by atoms with Crippen LogP contribution in [-0.4, -0.2) is 36.1 Å². The quantitative estimate of drug-likeness (QED) is 0.560. The van der Waals surface area contributed by atoms with E-state index in [2.05, 4.69) is 34.2 Å². The van der Waals surface area contributed by atoms with Crippen molar-refractivity contribution in [1.29, 1.82) is 0 Å². The molecule has 5 heterocycles. The molecule has 0 bridgehead atoms. The van der Waals surface area contributed by atoms with Crippen LogP contribution in [0.25, 0.3) is 15.9 Å². The molecule has 4 aromatic rings. The molecule has 148 valence electrons. The molecule has 0 radical (unpaired) electrons. The molecule has 0 aliphatic carbocycles. The summed E-state index contributed by atoms with van der Waals surface area (Å²) in [6, 6.07) is 3.72. The zero-order valence-corrected chi connectivity index (χ0v) is 17.2. The molecule has 29 heavy (non-hydrogen) atoms. The van der Waals surface area contributed by atoms with E-state index in [4.69, 9.17) is 9.72 Å². The number of carbonyl (C=O) groups excluding carboxylic acids is 1. The first-order chi connectivity index (χ1) is 13.9. The van der Waals surface area contributed by atoms with E-state index in [0.29, 0.717) is 24.6 Å². The van der Waals surface area contributed by atoms with Crippen LogP contribution >= 0.6 is 11.3 Å². The topological polar surface area (TPSA) is 94.3 Å². The highest BCUT2D eigenvalue weighted by molar-refractivity contribution is 7.19. The minimum Gasteiger partial charge on any atom is -0.370 e. The number of amides is 1. The molecule has 4 aromatic heterocycles. The summed E-state index contributed by atoms with van der Waals surface area (Å²) in [4.78, 5) is 28.0. The van der Waals surface area contributed by atoms with Gasteiger partial charge < -0.3 is 10.1 Å². The van der Waals surface area contributed by atoms with Crippen molar-refractivity contribution in [2.45, 2.75) is 45.9 Å². The third-order valence-corrected chi connectivity index (χ3v) is 6.17. The van der Waals surface area contributed by atoms with E-state index in [0.717, 1.165) is 22.2 Å². The largest absolute Gasteiger partial charge is 0.370 e. The first kappa shape index (κ1) is 18.1. The van der Waals surface area contributed by atoms with E-state index in [1.165, 1.54) is 10.4 Å². The number of hydrogen-bond acceptors (Lipinski definition) is 7. The van der Waals surface area contributed by atoms with Crippen LogP contribution in [0, 0.1) is 6.92 Å². The molecular formula is C20H20N6O2S. The molecule has 0 fully saturated rings. The normalized spacial score (nSPS) is 15.6. The number of ether oxygens (including phenoxy) is 1. The minimum atomic E-state index is -0.314. The number of fused-ring (bicyclic) bond motifs is 5. The summed E-state index contributed by atoms with van der Waals surface area (Å²) in [5.74, 6) is 0.528. The highest BCUT2D eigenvalue weighted by Gasteiger charge is 2.31. The lowest BCUT2D eigenvalue weighted by Crippen LogP contribution is -2.31. The summed E-state index contributed by atoms with van der Waals surface area (Å²) in [6.07, 6.45) is 4.17. The van der Waals surface area contributed by atoms with Crippen molar-refractivity contribution in [1.82, 2.24) is 29.9 Å². The molecule has 0 aromatic carbocycles. The fourth-order valence-electron chi connectivity index (χ4n) is 3.60. The SMILES string of the molecule is Cc1nc2sc3c(c2c2nc(C(=O)NCc4ccncc4)nn12)CC(C)(C)OC3. The fourth-order valence-corrected chi connectivity index (χ4v) is 4.74. The third-order valence-electron chi connectivity index (χ3n) is 5.07. The van der Waals surface area contributed by atoms with Gasteiger partial charge in [-0.2, -0.15) is 4.52 Å². The van der Waals surface area contributed by atoms with Crippen molar-refractivity contribution in [2.75, 3.05) is 0 Å². The maximum atomic E-state index is 12.7. The van der Waals surface area contributed by atoms with Gasteiger partial charge in [0.25, 0.3) is 5.91 Å². The molecule has 0 unspecified atom stereocenters. The Morgan fingerprint density at radius 3 is 2.90 bits per heavy atom. The lowest BCUT2D eigenvalue weighted by atomic mass is 9.94. The molecule has 9 heteroatoms. The average molecular weight is 408 g/mol. The van der Waals surface area contributed by atoms with Gasteiger partial charge in [0.05, 0.1) is 17.6 Å². The van der Waals surface area contributed by atoms with Gasteiger partial charge in [0.1, 0.15) is 10.7 Å². The zero-order valence-electron chi connectivity index (χ0n) is 16.4. The highest BCUT2D eigenvalue weighted by atomic mass is 32.1. The Labute approximate surface area is 171 Å². The molecule has 1 aliphatic rings. The van der Waals surface area contributed by atoms with Gasteiger partial charge in [0, 0.05) is 30.2 Å². The van der Waals surface area contributed by atoms with Gasteiger partial charge in [0.2, 0.25) is 5.82 Å². The van der Waals surface area contributed by atoms with Crippen LogP contribution in [0.1, 0.15) is 46.3 Å². The van der Waals surface area contributed by atoms with Gasteiger partial charge in [-0.25, -0.2) is 9.97 Å². The van der Waals surface area contributed by atoms with Crippen molar-refractivity contribution >= 4 is 33.1 Å². The predicted octanol–water partition coefficient (Wildman–Crippen LogP) is 2.82. The molecule has 0 saturated carbocycles. The Bertz CT molecular complexity index is 1240. The Hall–Kier alpha value is -2.91. The van der Waals surface area contributed by atoms with Crippen molar-refractivity contribution in [3.63, 3.8) is 0 Å². The van der Waals surface area contributed by atoms with Crippen LogP contribution in [-0.2, 0) is 24.3 Å². The van der Waals surface area contributed by atoms with Crippen LogP contribution in [0.15, 0.2) is 24.5 Å². The van der Waals surface area contributed by atoms with Gasteiger partial charge in [0.15, 0.2) is 5.65 Å². The Morgan fingerprint density at radius 2 is 2.10 bits per heavy atom. The standard InChI is InChI=1S/C20H20N6O2S/c1-11-23-19-15(13-8-20(2,3)28-10-14(13)29-19)17-24-16(25-26(11)17)18(27)22-9-12-4-6-21-7-5-12/h4-7H,8-10H2,1-3H3,(H,22,27).